The van der Waals surface area contributed by atoms with Gasteiger partial charge in [0.05, 0.1) is 17.5 Å². The average Bonchev–Trinajstić information content (AvgIpc) is 3.06. The molecule has 1 saturated heterocycles. The Kier molecular flexibility index (Phi) is 3.04. The van der Waals surface area contributed by atoms with E-state index in [0.717, 1.165) is 0 Å². The zero-order valence-corrected chi connectivity index (χ0v) is 12.0. The molecule has 1 unspecified atom stereocenters. The first kappa shape index (κ1) is 13.7. The molecule has 9 nitrogen and oxygen atoms in total. The number of carboxylic acids is 1. The number of rotatable bonds is 3. The molecular weight excluding hydrogens is 298 g/mol. The summed E-state index contributed by atoms with van der Waals surface area (Å²) in [6.07, 6.45) is 3.59. The molecule has 10 heteroatoms. The van der Waals surface area contributed by atoms with Gasteiger partial charge in [-0.25, -0.2) is 22.9 Å². The second kappa shape index (κ2) is 4.65. The zero-order chi connectivity index (χ0) is 15.2. The predicted molar refractivity (Wildman–Crippen MR) is 71.5 cm³/mol. The van der Waals surface area contributed by atoms with Crippen molar-refractivity contribution in [3.05, 3.63) is 18.1 Å². The van der Waals surface area contributed by atoms with Crippen molar-refractivity contribution in [2.45, 2.75) is 12.5 Å². The minimum absolute atomic E-state index is 0.0627. The van der Waals surface area contributed by atoms with Gasteiger partial charge in [0.25, 0.3) is 0 Å². The van der Waals surface area contributed by atoms with Gasteiger partial charge >= 0.3 is 5.97 Å². The van der Waals surface area contributed by atoms with E-state index in [1.54, 1.807) is 17.8 Å². The van der Waals surface area contributed by atoms with E-state index in [1.165, 1.54) is 10.9 Å². The molecule has 0 bridgehead atoms. The Bertz CT molecular complexity index is 806. The van der Waals surface area contributed by atoms with Gasteiger partial charge < -0.3 is 9.67 Å². The number of carboxylic acid groups (broad SMARTS) is 1. The second-order valence-electron chi connectivity index (χ2n) is 4.95. The van der Waals surface area contributed by atoms with Crippen LogP contribution in [0.5, 0.6) is 0 Å². The van der Waals surface area contributed by atoms with Crippen molar-refractivity contribution in [2.75, 3.05) is 11.5 Å². The van der Waals surface area contributed by atoms with Crippen LogP contribution in [0.1, 0.15) is 23.0 Å². The van der Waals surface area contributed by atoms with E-state index in [1.807, 2.05) is 0 Å². The summed E-state index contributed by atoms with van der Waals surface area (Å²) in [6.45, 7) is 0. The van der Waals surface area contributed by atoms with Crippen molar-refractivity contribution in [2.24, 2.45) is 7.05 Å². The van der Waals surface area contributed by atoms with Crippen LogP contribution >= 0.6 is 0 Å². The third-order valence-electron chi connectivity index (χ3n) is 3.48. The summed E-state index contributed by atoms with van der Waals surface area (Å²) in [5.74, 6) is -0.825. The Labute approximate surface area is 120 Å². The number of carbonyl (C=O) groups is 1. The van der Waals surface area contributed by atoms with Gasteiger partial charge in [0.1, 0.15) is 5.69 Å². The Balaban J connectivity index is 2.15. The van der Waals surface area contributed by atoms with E-state index in [9.17, 15) is 18.3 Å². The zero-order valence-electron chi connectivity index (χ0n) is 11.2. The van der Waals surface area contributed by atoms with Crippen LogP contribution in [0.2, 0.25) is 0 Å². The molecule has 2 aromatic heterocycles. The molecule has 3 rings (SSSR count). The lowest BCUT2D eigenvalue weighted by atomic mass is 10.2. The fourth-order valence-electron chi connectivity index (χ4n) is 2.46. The molecule has 21 heavy (non-hydrogen) atoms. The number of aromatic carboxylic acids is 1. The summed E-state index contributed by atoms with van der Waals surface area (Å²) in [7, 11) is -1.39. The lowest BCUT2D eigenvalue weighted by Gasteiger charge is -2.12. The summed E-state index contributed by atoms with van der Waals surface area (Å²) in [5, 5.41) is 16.8. The fraction of sp³-hybridized carbons (Fsp3) is 0.455. The molecule has 1 aliphatic rings. The number of nitrogens with zero attached hydrogens (tertiary/aromatic N) is 5. The minimum Gasteiger partial charge on any atom is -0.476 e. The van der Waals surface area contributed by atoms with Gasteiger partial charge in [-0.15, -0.1) is 5.10 Å². The van der Waals surface area contributed by atoms with Gasteiger partial charge in [0.2, 0.25) is 5.69 Å². The number of hydrogen-bond donors (Lipinski definition) is 1. The second-order valence-corrected chi connectivity index (χ2v) is 7.18. The highest BCUT2D eigenvalue weighted by molar-refractivity contribution is 7.91. The maximum Gasteiger partial charge on any atom is 0.358 e. The quantitative estimate of drug-likeness (QED) is 0.828. The van der Waals surface area contributed by atoms with Crippen LogP contribution in [-0.2, 0) is 16.9 Å². The third-order valence-corrected chi connectivity index (χ3v) is 5.23. The lowest BCUT2D eigenvalue weighted by molar-refractivity contribution is 0.0691. The molecule has 0 aliphatic carbocycles. The molecule has 1 N–H and O–H groups in total. The average molecular weight is 311 g/mol. The minimum atomic E-state index is -3.11. The van der Waals surface area contributed by atoms with E-state index in [-0.39, 0.29) is 22.9 Å². The van der Waals surface area contributed by atoms with Gasteiger partial charge in [-0.2, -0.15) is 0 Å². The van der Waals surface area contributed by atoms with E-state index in [4.69, 9.17) is 0 Å². The number of hydrogen-bond acceptors (Lipinski definition) is 6. The molecule has 1 fully saturated rings. The predicted octanol–water partition coefficient (Wildman–Crippen LogP) is -0.264. The van der Waals surface area contributed by atoms with Crippen molar-refractivity contribution < 1.29 is 18.3 Å². The summed E-state index contributed by atoms with van der Waals surface area (Å²) >= 11 is 0. The van der Waals surface area contributed by atoms with Crippen LogP contribution in [0.4, 0.5) is 0 Å². The molecule has 0 radical (unpaired) electrons. The molecule has 112 valence electrons. The van der Waals surface area contributed by atoms with Crippen LogP contribution < -0.4 is 0 Å². The van der Waals surface area contributed by atoms with Crippen LogP contribution in [0.15, 0.2) is 12.4 Å². The molecule has 1 aliphatic heterocycles. The Hall–Kier alpha value is -2.23. The highest BCUT2D eigenvalue weighted by Crippen LogP contribution is 2.29. The maximum absolute atomic E-state index is 11.6. The first-order valence-corrected chi connectivity index (χ1v) is 8.08. The first-order valence-electron chi connectivity index (χ1n) is 6.25. The molecule has 1 atom stereocenters. The summed E-state index contributed by atoms with van der Waals surface area (Å²) in [5.41, 5.74) is 0.00528. The topological polar surface area (TPSA) is 120 Å². The molecule has 0 spiro atoms. The largest absolute Gasteiger partial charge is 0.476 e. The normalized spacial score (nSPS) is 20.7. The number of imidazole rings is 1. The Morgan fingerprint density at radius 3 is 2.76 bits per heavy atom. The highest BCUT2D eigenvalue weighted by Gasteiger charge is 2.34. The third kappa shape index (κ3) is 2.31. The van der Waals surface area contributed by atoms with Crippen LogP contribution in [0, 0.1) is 0 Å². The smallest absolute Gasteiger partial charge is 0.358 e. The number of aryl methyl sites for hydroxylation is 1. The van der Waals surface area contributed by atoms with Crippen molar-refractivity contribution in [3.8, 4) is 11.5 Å². The number of sulfone groups is 1. The Morgan fingerprint density at radius 2 is 2.24 bits per heavy atom. The van der Waals surface area contributed by atoms with Crippen LogP contribution in [0.3, 0.4) is 0 Å². The van der Waals surface area contributed by atoms with Crippen LogP contribution in [-0.4, -0.2) is 55.5 Å². The lowest BCUT2D eigenvalue weighted by Crippen LogP contribution is -2.15. The van der Waals surface area contributed by atoms with Crippen molar-refractivity contribution in [1.82, 2.24) is 24.5 Å². The summed E-state index contributed by atoms with van der Waals surface area (Å²) in [6, 6.07) is -0.415. The highest BCUT2D eigenvalue weighted by atomic mass is 32.2. The molecule has 3 heterocycles. The standard InChI is InChI=1S/C11H13N5O4S/c1-15-4-3-12-10(15)9-8(11(17)18)13-14-16(9)7-2-5-21(19,20)6-7/h3-4,7H,2,5-6H2,1H3,(H,17,18). The summed E-state index contributed by atoms with van der Waals surface area (Å²) in [4.78, 5) is 15.4. The van der Waals surface area contributed by atoms with Gasteiger partial charge in [-0.1, -0.05) is 5.21 Å². The monoisotopic (exact) mass is 311 g/mol. The van der Waals surface area contributed by atoms with Gasteiger partial charge in [0, 0.05) is 19.4 Å². The van der Waals surface area contributed by atoms with Crippen molar-refractivity contribution in [1.29, 1.82) is 0 Å². The van der Waals surface area contributed by atoms with E-state index in [2.05, 4.69) is 15.3 Å². The molecule has 0 saturated carbocycles. The molecule has 0 aromatic carbocycles. The van der Waals surface area contributed by atoms with E-state index >= 15 is 0 Å². The van der Waals surface area contributed by atoms with Gasteiger partial charge in [-0.05, 0) is 6.42 Å². The SMILES string of the molecule is Cn1ccnc1-c1c(C(=O)O)nnn1C1CCS(=O)(=O)C1. The Morgan fingerprint density at radius 1 is 1.48 bits per heavy atom. The molecule has 2 aromatic rings. The van der Waals surface area contributed by atoms with E-state index in [0.29, 0.717) is 12.2 Å². The molecule has 0 amide bonds. The van der Waals surface area contributed by atoms with Gasteiger partial charge in [-0.3, -0.25) is 0 Å². The first-order chi connectivity index (χ1) is 9.89. The maximum atomic E-state index is 11.6. The number of aromatic nitrogens is 5. The van der Waals surface area contributed by atoms with Crippen LogP contribution in [0.25, 0.3) is 11.5 Å². The van der Waals surface area contributed by atoms with Crippen molar-refractivity contribution in [3.63, 3.8) is 0 Å². The van der Waals surface area contributed by atoms with E-state index < -0.39 is 21.8 Å². The summed E-state index contributed by atoms with van der Waals surface area (Å²) < 4.78 is 26.3. The van der Waals surface area contributed by atoms with Gasteiger partial charge in [0.15, 0.2) is 15.7 Å². The van der Waals surface area contributed by atoms with Crippen molar-refractivity contribution >= 4 is 15.8 Å². The molecular formula is C11H13N5O4S. The fourth-order valence-corrected chi connectivity index (χ4v) is 4.16.